The molecule has 0 atom stereocenters. The second-order valence-corrected chi connectivity index (χ2v) is 4.79. The summed E-state index contributed by atoms with van der Waals surface area (Å²) in [6, 6.07) is 10.0. The molecule has 0 aliphatic rings. The SMILES string of the molecule is Cc1ccc(CSc2cccc(N)c2C)o1. The van der Waals surface area contributed by atoms with Crippen LogP contribution in [-0.2, 0) is 5.75 Å². The number of hydrogen-bond donors (Lipinski definition) is 1. The Hall–Kier alpha value is -1.35. The van der Waals surface area contributed by atoms with Gasteiger partial charge in [-0.3, -0.25) is 0 Å². The molecule has 2 rings (SSSR count). The summed E-state index contributed by atoms with van der Waals surface area (Å²) in [6.07, 6.45) is 0. The molecule has 3 heteroatoms. The number of nitrogens with two attached hydrogens (primary N) is 1. The first-order chi connectivity index (χ1) is 7.66. The van der Waals surface area contributed by atoms with Crippen molar-refractivity contribution >= 4 is 17.4 Å². The molecule has 0 spiro atoms. The van der Waals surface area contributed by atoms with Gasteiger partial charge in [0.1, 0.15) is 11.5 Å². The maximum Gasteiger partial charge on any atom is 0.114 e. The number of rotatable bonds is 3. The number of nitrogen functional groups attached to an aromatic ring is 1. The van der Waals surface area contributed by atoms with Gasteiger partial charge in [-0.25, -0.2) is 0 Å². The Morgan fingerprint density at radius 3 is 2.69 bits per heavy atom. The summed E-state index contributed by atoms with van der Waals surface area (Å²) in [5.41, 5.74) is 7.85. The lowest BCUT2D eigenvalue weighted by Gasteiger charge is -2.06. The van der Waals surface area contributed by atoms with E-state index in [1.807, 2.05) is 38.1 Å². The lowest BCUT2D eigenvalue weighted by molar-refractivity contribution is 0.501. The number of hydrogen-bond acceptors (Lipinski definition) is 3. The van der Waals surface area contributed by atoms with Crippen molar-refractivity contribution in [2.75, 3.05) is 5.73 Å². The highest BCUT2D eigenvalue weighted by Crippen LogP contribution is 2.29. The monoisotopic (exact) mass is 233 g/mol. The molecule has 0 radical (unpaired) electrons. The van der Waals surface area contributed by atoms with Gasteiger partial charge in [-0.2, -0.15) is 0 Å². The second kappa shape index (κ2) is 4.66. The fourth-order valence-corrected chi connectivity index (χ4v) is 2.46. The van der Waals surface area contributed by atoms with Crippen molar-refractivity contribution < 1.29 is 4.42 Å². The van der Waals surface area contributed by atoms with Crippen LogP contribution >= 0.6 is 11.8 Å². The summed E-state index contributed by atoms with van der Waals surface area (Å²) in [4.78, 5) is 1.22. The van der Waals surface area contributed by atoms with Gasteiger partial charge in [-0.1, -0.05) is 6.07 Å². The van der Waals surface area contributed by atoms with Crippen molar-refractivity contribution in [3.63, 3.8) is 0 Å². The van der Waals surface area contributed by atoms with E-state index in [-0.39, 0.29) is 0 Å². The molecule has 1 aromatic carbocycles. The third kappa shape index (κ3) is 2.42. The van der Waals surface area contributed by atoms with Crippen LogP contribution in [0.5, 0.6) is 0 Å². The quantitative estimate of drug-likeness (QED) is 0.648. The van der Waals surface area contributed by atoms with Crippen molar-refractivity contribution in [1.82, 2.24) is 0 Å². The molecule has 0 saturated heterocycles. The first-order valence-corrected chi connectivity index (χ1v) is 6.18. The van der Waals surface area contributed by atoms with Crippen LogP contribution in [0.2, 0.25) is 0 Å². The summed E-state index contributed by atoms with van der Waals surface area (Å²) in [5.74, 6) is 2.81. The van der Waals surface area contributed by atoms with Crippen molar-refractivity contribution in [2.45, 2.75) is 24.5 Å². The molecule has 0 saturated carbocycles. The second-order valence-electron chi connectivity index (χ2n) is 3.77. The van der Waals surface area contributed by atoms with E-state index in [1.54, 1.807) is 11.8 Å². The van der Waals surface area contributed by atoms with E-state index in [4.69, 9.17) is 10.2 Å². The van der Waals surface area contributed by atoms with Crippen LogP contribution in [0.25, 0.3) is 0 Å². The van der Waals surface area contributed by atoms with Crippen LogP contribution in [0.15, 0.2) is 39.6 Å². The normalized spacial score (nSPS) is 10.6. The maximum absolute atomic E-state index is 5.86. The molecule has 2 aromatic rings. The average Bonchev–Trinajstić information content (AvgIpc) is 2.67. The summed E-state index contributed by atoms with van der Waals surface area (Å²) in [6.45, 7) is 4.00. The highest BCUT2D eigenvalue weighted by atomic mass is 32.2. The Morgan fingerprint density at radius 1 is 1.19 bits per heavy atom. The smallest absolute Gasteiger partial charge is 0.114 e. The summed E-state index contributed by atoms with van der Waals surface area (Å²) < 4.78 is 5.52. The predicted molar refractivity (Wildman–Crippen MR) is 68.6 cm³/mol. The van der Waals surface area contributed by atoms with Gasteiger partial charge in [0.15, 0.2) is 0 Å². The van der Waals surface area contributed by atoms with Gasteiger partial charge in [0.05, 0.1) is 5.75 Å². The minimum atomic E-state index is 0.845. The number of furan rings is 1. The van der Waals surface area contributed by atoms with Crippen molar-refractivity contribution in [1.29, 1.82) is 0 Å². The van der Waals surface area contributed by atoms with E-state index >= 15 is 0 Å². The average molecular weight is 233 g/mol. The largest absolute Gasteiger partial charge is 0.465 e. The van der Waals surface area contributed by atoms with E-state index in [9.17, 15) is 0 Å². The standard InChI is InChI=1S/C13H15NOS/c1-9-6-7-11(15-9)8-16-13-5-3-4-12(14)10(13)2/h3-7H,8,14H2,1-2H3. The lowest BCUT2D eigenvalue weighted by atomic mass is 10.2. The first-order valence-electron chi connectivity index (χ1n) is 5.20. The fourth-order valence-electron chi connectivity index (χ4n) is 1.50. The van der Waals surface area contributed by atoms with Gasteiger partial charge in [-0.15, -0.1) is 11.8 Å². The van der Waals surface area contributed by atoms with E-state index in [0.29, 0.717) is 0 Å². The van der Waals surface area contributed by atoms with Crippen LogP contribution in [0.3, 0.4) is 0 Å². The summed E-state index contributed by atoms with van der Waals surface area (Å²) in [5, 5.41) is 0. The van der Waals surface area contributed by atoms with Gasteiger partial charge in [-0.05, 0) is 43.7 Å². The zero-order valence-electron chi connectivity index (χ0n) is 9.49. The van der Waals surface area contributed by atoms with E-state index < -0.39 is 0 Å². The Bertz CT molecular complexity index is 490. The number of thioether (sulfide) groups is 1. The third-order valence-electron chi connectivity index (χ3n) is 2.49. The van der Waals surface area contributed by atoms with Crippen molar-refractivity contribution in [3.05, 3.63) is 47.4 Å². The van der Waals surface area contributed by atoms with Crippen LogP contribution in [-0.4, -0.2) is 0 Å². The van der Waals surface area contributed by atoms with Gasteiger partial charge >= 0.3 is 0 Å². The van der Waals surface area contributed by atoms with E-state index in [2.05, 4.69) is 6.07 Å². The van der Waals surface area contributed by atoms with Crippen LogP contribution in [0.1, 0.15) is 17.1 Å². The Morgan fingerprint density at radius 2 is 2.00 bits per heavy atom. The van der Waals surface area contributed by atoms with Gasteiger partial charge < -0.3 is 10.2 Å². The van der Waals surface area contributed by atoms with Crippen molar-refractivity contribution in [2.24, 2.45) is 0 Å². The number of anilines is 1. The molecule has 0 unspecified atom stereocenters. The molecule has 2 N–H and O–H groups in total. The molecule has 0 aliphatic carbocycles. The van der Waals surface area contributed by atoms with Crippen molar-refractivity contribution in [3.8, 4) is 0 Å². The maximum atomic E-state index is 5.86. The topological polar surface area (TPSA) is 39.2 Å². The highest BCUT2D eigenvalue weighted by Gasteiger charge is 2.04. The lowest BCUT2D eigenvalue weighted by Crippen LogP contribution is -1.90. The molecule has 1 aromatic heterocycles. The zero-order valence-corrected chi connectivity index (χ0v) is 10.3. The minimum absolute atomic E-state index is 0.845. The molecule has 1 heterocycles. The first kappa shape index (κ1) is 11.1. The molecule has 0 aliphatic heterocycles. The van der Waals surface area contributed by atoms with E-state index in [1.165, 1.54) is 4.90 Å². The van der Waals surface area contributed by atoms with Crippen LogP contribution in [0, 0.1) is 13.8 Å². The van der Waals surface area contributed by atoms with Crippen LogP contribution < -0.4 is 5.73 Å². The Kier molecular flexibility index (Phi) is 3.25. The molecule has 0 fully saturated rings. The molecule has 0 amide bonds. The predicted octanol–water partition coefficient (Wildman–Crippen LogP) is 3.77. The van der Waals surface area contributed by atoms with Crippen LogP contribution in [0.4, 0.5) is 5.69 Å². The summed E-state index contributed by atoms with van der Waals surface area (Å²) in [7, 11) is 0. The minimum Gasteiger partial charge on any atom is -0.465 e. The third-order valence-corrected chi connectivity index (χ3v) is 3.67. The van der Waals surface area contributed by atoms with Gasteiger partial charge in [0, 0.05) is 10.6 Å². The Labute approximate surface area is 99.8 Å². The molecule has 16 heavy (non-hydrogen) atoms. The fraction of sp³-hybridized carbons (Fsp3) is 0.231. The van der Waals surface area contributed by atoms with Gasteiger partial charge in [0.25, 0.3) is 0 Å². The molecule has 0 bridgehead atoms. The zero-order chi connectivity index (χ0) is 11.5. The van der Waals surface area contributed by atoms with E-state index in [0.717, 1.165) is 28.5 Å². The molecule has 84 valence electrons. The molecule has 2 nitrogen and oxygen atoms in total. The summed E-state index contributed by atoms with van der Waals surface area (Å²) >= 11 is 1.75. The Balaban J connectivity index is 2.07. The number of aryl methyl sites for hydroxylation is 1. The number of benzene rings is 1. The molecular formula is C13H15NOS. The molecular weight excluding hydrogens is 218 g/mol. The van der Waals surface area contributed by atoms with Gasteiger partial charge in [0.2, 0.25) is 0 Å². The highest BCUT2D eigenvalue weighted by molar-refractivity contribution is 7.98.